The zero-order chi connectivity index (χ0) is 16.9. The Bertz CT molecular complexity index is 768. The van der Waals surface area contributed by atoms with E-state index in [-0.39, 0.29) is 5.75 Å². The fraction of sp³-hybridized carbons (Fsp3) is 0.235. The third-order valence-corrected chi connectivity index (χ3v) is 3.03. The van der Waals surface area contributed by atoms with Gasteiger partial charge in [0.05, 0.1) is 5.35 Å². The van der Waals surface area contributed by atoms with E-state index in [9.17, 15) is 13.2 Å². The summed E-state index contributed by atoms with van der Waals surface area (Å²) in [5.41, 5.74) is 0.628. The zero-order valence-electron chi connectivity index (χ0n) is 12.8. The average Bonchev–Trinajstić information content (AvgIpc) is 2.48. The molecule has 1 heterocycles. The highest BCUT2D eigenvalue weighted by Crippen LogP contribution is 2.24. The van der Waals surface area contributed by atoms with E-state index in [0.29, 0.717) is 11.5 Å². The number of ether oxygens (including phenoxy) is 1. The summed E-state index contributed by atoms with van der Waals surface area (Å²) in [4.78, 5) is 4.50. The number of rotatable bonds is 4. The van der Waals surface area contributed by atoms with Gasteiger partial charge in [0.2, 0.25) is 0 Å². The molecule has 0 aliphatic carbocycles. The molecule has 0 atom stereocenters. The summed E-state index contributed by atoms with van der Waals surface area (Å²) >= 11 is 0. The molecule has 1 aromatic carbocycles. The molecule has 0 spiro atoms. The minimum absolute atomic E-state index is 0.257. The van der Waals surface area contributed by atoms with Gasteiger partial charge in [-0.1, -0.05) is 19.1 Å². The summed E-state index contributed by atoms with van der Waals surface area (Å²) in [5, 5.41) is 4.97. The molecule has 0 bridgehead atoms. The maximum absolute atomic E-state index is 12.1. The number of benzene rings is 1. The normalized spacial score (nSPS) is 13.3. The van der Waals surface area contributed by atoms with Crippen LogP contribution in [0, 0.1) is 0 Å². The third kappa shape index (κ3) is 5.02. The molecule has 0 fully saturated rings. The number of aromatic nitrogens is 1. The molecule has 2 aromatic rings. The van der Waals surface area contributed by atoms with Crippen LogP contribution in [0.4, 0.5) is 24.7 Å². The van der Waals surface area contributed by atoms with E-state index in [2.05, 4.69) is 15.0 Å². The predicted octanol–water partition coefficient (Wildman–Crippen LogP) is 3.71. The summed E-state index contributed by atoms with van der Waals surface area (Å²) in [6.45, 7) is 3.97. The first kappa shape index (κ1) is 16.9. The Balaban J connectivity index is 2.20. The van der Waals surface area contributed by atoms with E-state index in [0.717, 1.165) is 17.0 Å². The second-order valence-electron chi connectivity index (χ2n) is 4.77. The second kappa shape index (κ2) is 7.17. The number of anilines is 2. The van der Waals surface area contributed by atoms with Gasteiger partial charge >= 0.3 is 6.36 Å². The molecular formula is C17H17F3N2O. The van der Waals surface area contributed by atoms with Crippen molar-refractivity contribution in [3.8, 4) is 5.75 Å². The van der Waals surface area contributed by atoms with Gasteiger partial charge in [0.15, 0.2) is 0 Å². The number of nitrogens with one attached hydrogen (secondary N) is 1. The third-order valence-electron chi connectivity index (χ3n) is 3.03. The molecular weight excluding hydrogens is 305 g/mol. The van der Waals surface area contributed by atoms with E-state index in [1.54, 1.807) is 0 Å². The van der Waals surface area contributed by atoms with Crippen molar-refractivity contribution in [2.75, 3.05) is 5.32 Å². The van der Waals surface area contributed by atoms with Crippen LogP contribution < -0.4 is 20.6 Å². The number of alkyl halides is 3. The van der Waals surface area contributed by atoms with Crippen molar-refractivity contribution in [1.29, 1.82) is 0 Å². The number of halogens is 3. The number of hydrogen-bond acceptors (Lipinski definition) is 3. The van der Waals surface area contributed by atoms with Crippen LogP contribution in [-0.4, -0.2) is 11.3 Å². The Morgan fingerprint density at radius 3 is 2.39 bits per heavy atom. The molecule has 0 radical (unpaired) electrons. The van der Waals surface area contributed by atoms with Crippen LogP contribution in [0.3, 0.4) is 0 Å². The highest BCUT2D eigenvalue weighted by atomic mass is 19.4. The quantitative estimate of drug-likeness (QED) is 0.932. The number of pyridine rings is 1. The van der Waals surface area contributed by atoms with E-state index in [1.165, 1.54) is 24.3 Å². The van der Waals surface area contributed by atoms with Gasteiger partial charge < -0.3 is 10.1 Å². The molecule has 0 aliphatic heterocycles. The van der Waals surface area contributed by atoms with E-state index in [4.69, 9.17) is 0 Å². The van der Waals surface area contributed by atoms with Gasteiger partial charge in [-0.15, -0.1) is 13.2 Å². The van der Waals surface area contributed by atoms with Gasteiger partial charge in [-0.3, -0.25) is 0 Å². The smallest absolute Gasteiger partial charge is 0.406 e. The lowest BCUT2D eigenvalue weighted by Gasteiger charge is -2.10. The summed E-state index contributed by atoms with van der Waals surface area (Å²) < 4.78 is 40.2. The summed E-state index contributed by atoms with van der Waals surface area (Å²) in [6, 6.07) is 9.28. The molecule has 2 rings (SSSR count). The molecule has 0 amide bonds. The Morgan fingerprint density at radius 2 is 1.83 bits per heavy atom. The fourth-order valence-corrected chi connectivity index (χ4v) is 2.04. The first-order chi connectivity index (χ1) is 10.9. The second-order valence-corrected chi connectivity index (χ2v) is 4.77. The topological polar surface area (TPSA) is 34.1 Å². The molecule has 1 aromatic heterocycles. The van der Waals surface area contributed by atoms with Crippen LogP contribution in [0.1, 0.15) is 20.3 Å². The van der Waals surface area contributed by atoms with Crippen LogP contribution >= 0.6 is 0 Å². The minimum atomic E-state index is -4.69. The molecule has 0 unspecified atom stereocenters. The highest BCUT2D eigenvalue weighted by Gasteiger charge is 2.30. The number of hydrogen-bond donors (Lipinski definition) is 1. The van der Waals surface area contributed by atoms with Crippen molar-refractivity contribution in [1.82, 2.24) is 4.98 Å². The monoisotopic (exact) mass is 322 g/mol. The van der Waals surface area contributed by atoms with Crippen molar-refractivity contribution in [3.63, 3.8) is 0 Å². The maximum atomic E-state index is 12.1. The Labute approximate surface area is 132 Å². The van der Waals surface area contributed by atoms with Crippen molar-refractivity contribution >= 4 is 23.7 Å². The number of nitrogens with zero attached hydrogens (tertiary/aromatic N) is 1. The van der Waals surface area contributed by atoms with E-state index >= 15 is 0 Å². The molecule has 23 heavy (non-hydrogen) atoms. The maximum Gasteiger partial charge on any atom is 0.573 e. The van der Waals surface area contributed by atoms with Gasteiger partial charge in [0.1, 0.15) is 11.6 Å². The highest BCUT2D eigenvalue weighted by molar-refractivity contribution is 5.57. The summed E-state index contributed by atoms with van der Waals surface area (Å²) in [5.74, 6) is 0.367. The molecule has 1 N–H and O–H groups in total. The lowest BCUT2D eigenvalue weighted by molar-refractivity contribution is -0.274. The predicted molar refractivity (Wildman–Crippen MR) is 84.8 cm³/mol. The summed E-state index contributed by atoms with van der Waals surface area (Å²) in [6.07, 6.45) is 0.164. The SMILES string of the molecule is C/C=c1/ccc(Nc2ccc(OC(F)(F)F)cc2)n/c1=C/CC. The van der Waals surface area contributed by atoms with Crippen LogP contribution in [0.25, 0.3) is 12.2 Å². The van der Waals surface area contributed by atoms with Crippen LogP contribution in [0.2, 0.25) is 0 Å². The summed E-state index contributed by atoms with van der Waals surface area (Å²) in [7, 11) is 0. The van der Waals surface area contributed by atoms with Crippen molar-refractivity contribution < 1.29 is 17.9 Å². The molecule has 3 nitrogen and oxygen atoms in total. The standard InChI is InChI=1S/C17H17F3N2O/c1-3-5-15-12(4-2)6-11-16(22-15)21-13-7-9-14(10-8-13)23-17(18,19)20/h4-11H,3H2,1-2H3,(H,21,22)/b12-4-,15-5+. The van der Waals surface area contributed by atoms with Crippen molar-refractivity contribution in [3.05, 3.63) is 47.0 Å². The molecule has 122 valence electrons. The van der Waals surface area contributed by atoms with E-state index in [1.807, 2.05) is 38.1 Å². The molecule has 0 aliphatic rings. The Morgan fingerprint density at radius 1 is 1.13 bits per heavy atom. The first-order valence-corrected chi connectivity index (χ1v) is 7.17. The Kier molecular flexibility index (Phi) is 5.26. The fourth-order valence-electron chi connectivity index (χ4n) is 2.04. The lowest BCUT2D eigenvalue weighted by Crippen LogP contribution is -2.28. The zero-order valence-corrected chi connectivity index (χ0v) is 12.8. The van der Waals surface area contributed by atoms with Gasteiger partial charge in [-0.2, -0.15) is 0 Å². The van der Waals surface area contributed by atoms with Crippen LogP contribution in [-0.2, 0) is 0 Å². The average molecular weight is 322 g/mol. The molecule has 0 saturated carbocycles. The van der Waals surface area contributed by atoms with Crippen LogP contribution in [0.5, 0.6) is 5.75 Å². The van der Waals surface area contributed by atoms with Crippen LogP contribution in [0.15, 0.2) is 36.4 Å². The Hall–Kier alpha value is -2.50. The van der Waals surface area contributed by atoms with Gasteiger partial charge in [0, 0.05) is 5.69 Å². The molecule has 6 heteroatoms. The van der Waals surface area contributed by atoms with Gasteiger partial charge in [-0.05, 0) is 55.0 Å². The van der Waals surface area contributed by atoms with Gasteiger partial charge in [0.25, 0.3) is 0 Å². The molecule has 0 saturated heterocycles. The van der Waals surface area contributed by atoms with Crippen molar-refractivity contribution in [2.24, 2.45) is 0 Å². The van der Waals surface area contributed by atoms with Crippen molar-refractivity contribution in [2.45, 2.75) is 26.6 Å². The minimum Gasteiger partial charge on any atom is -0.406 e. The largest absolute Gasteiger partial charge is 0.573 e. The van der Waals surface area contributed by atoms with E-state index < -0.39 is 6.36 Å². The lowest BCUT2D eigenvalue weighted by atomic mass is 10.2. The first-order valence-electron chi connectivity index (χ1n) is 7.17. The van der Waals surface area contributed by atoms with Gasteiger partial charge in [-0.25, -0.2) is 4.98 Å².